The molecule has 2 heterocycles. The van der Waals surface area contributed by atoms with Crippen LogP contribution in [-0.4, -0.2) is 42.2 Å². The molecular weight excluding hydrogens is 326 g/mol. The highest BCUT2D eigenvalue weighted by molar-refractivity contribution is 7.91. The van der Waals surface area contributed by atoms with E-state index in [9.17, 15) is 13.2 Å². The van der Waals surface area contributed by atoms with Gasteiger partial charge in [-0.3, -0.25) is 4.79 Å². The zero-order valence-electron chi connectivity index (χ0n) is 13.6. The number of amides is 1. The van der Waals surface area contributed by atoms with Crippen molar-refractivity contribution >= 4 is 15.7 Å². The number of carbonyl (C=O) groups is 1. The zero-order valence-corrected chi connectivity index (χ0v) is 14.4. The summed E-state index contributed by atoms with van der Waals surface area (Å²) < 4.78 is 24.8. The normalized spacial score (nSPS) is 19.3. The minimum atomic E-state index is -2.92. The summed E-state index contributed by atoms with van der Waals surface area (Å²) in [5.41, 5.74) is 2.30. The molecule has 1 aliphatic heterocycles. The lowest BCUT2D eigenvalue weighted by atomic mass is 10.1. The fourth-order valence-electron chi connectivity index (χ4n) is 3.06. The largest absolute Gasteiger partial charge is 0.352 e. The van der Waals surface area contributed by atoms with Crippen molar-refractivity contribution in [3.05, 3.63) is 47.8 Å². The number of nitrogens with zero attached hydrogens (tertiary/aromatic N) is 2. The number of para-hydroxylation sites is 1. The zero-order chi connectivity index (χ0) is 17.2. The highest BCUT2D eigenvalue weighted by atomic mass is 32.2. The second-order valence-corrected chi connectivity index (χ2v) is 8.31. The predicted octanol–water partition coefficient (Wildman–Crippen LogP) is 1.60. The van der Waals surface area contributed by atoms with Gasteiger partial charge >= 0.3 is 0 Å². The maximum absolute atomic E-state index is 12.5. The van der Waals surface area contributed by atoms with Gasteiger partial charge in [-0.15, -0.1) is 0 Å². The molecule has 0 radical (unpaired) electrons. The molecule has 0 bridgehead atoms. The Morgan fingerprint density at radius 2 is 2.08 bits per heavy atom. The van der Waals surface area contributed by atoms with Gasteiger partial charge in [0.2, 0.25) is 0 Å². The van der Waals surface area contributed by atoms with Crippen molar-refractivity contribution < 1.29 is 13.2 Å². The van der Waals surface area contributed by atoms with E-state index >= 15 is 0 Å². The highest BCUT2D eigenvalue weighted by Crippen LogP contribution is 2.19. The molecule has 128 valence electrons. The maximum atomic E-state index is 12.5. The average molecular weight is 347 g/mol. The van der Waals surface area contributed by atoms with Crippen LogP contribution in [0.15, 0.2) is 36.5 Å². The van der Waals surface area contributed by atoms with E-state index in [1.807, 2.05) is 37.3 Å². The Labute approximate surface area is 141 Å². The Balaban J connectivity index is 1.73. The molecule has 1 unspecified atom stereocenters. The van der Waals surface area contributed by atoms with Gasteiger partial charge in [-0.1, -0.05) is 25.1 Å². The summed E-state index contributed by atoms with van der Waals surface area (Å²) in [5.74, 6) is 0.197. The molecular formula is C17H21N3O3S. The lowest BCUT2D eigenvalue weighted by Gasteiger charge is -2.11. The minimum absolute atomic E-state index is 0.00759. The van der Waals surface area contributed by atoms with Crippen LogP contribution in [-0.2, 0) is 16.3 Å². The van der Waals surface area contributed by atoms with Crippen LogP contribution in [0.3, 0.4) is 0 Å². The summed E-state index contributed by atoms with van der Waals surface area (Å²) in [7, 11) is -2.92. The van der Waals surface area contributed by atoms with Gasteiger partial charge in [0, 0.05) is 6.54 Å². The molecule has 24 heavy (non-hydrogen) atoms. The molecule has 3 rings (SSSR count). The second kappa shape index (κ2) is 6.76. The first-order valence-electron chi connectivity index (χ1n) is 8.11. The molecule has 1 aliphatic rings. The Morgan fingerprint density at radius 1 is 1.33 bits per heavy atom. The third-order valence-electron chi connectivity index (χ3n) is 4.33. The molecule has 0 spiro atoms. The number of carbonyl (C=O) groups excluding carboxylic acids is 1. The Kier molecular flexibility index (Phi) is 4.71. The lowest BCUT2D eigenvalue weighted by Crippen LogP contribution is -2.30. The van der Waals surface area contributed by atoms with Crippen molar-refractivity contribution in [1.82, 2.24) is 15.1 Å². The summed E-state index contributed by atoms with van der Waals surface area (Å²) in [6, 6.07) is 9.67. The topological polar surface area (TPSA) is 81.1 Å². The molecule has 7 heteroatoms. The van der Waals surface area contributed by atoms with Crippen molar-refractivity contribution in [1.29, 1.82) is 0 Å². The highest BCUT2D eigenvalue weighted by Gasteiger charge is 2.28. The van der Waals surface area contributed by atoms with E-state index in [0.717, 1.165) is 11.4 Å². The standard InChI is InChI=1S/C17H21N3O3S/c1-2-16-15(11-19-20(16)14-6-4-3-5-7-14)17(21)18-10-13-8-9-24(22,23)12-13/h3-7,11,13H,2,8-10,12H2,1H3,(H,18,21). The molecule has 1 N–H and O–H groups in total. The van der Waals surface area contributed by atoms with Crippen LogP contribution >= 0.6 is 0 Å². The predicted molar refractivity (Wildman–Crippen MR) is 92.0 cm³/mol. The van der Waals surface area contributed by atoms with Crippen LogP contribution in [0.1, 0.15) is 29.4 Å². The van der Waals surface area contributed by atoms with Crippen LogP contribution < -0.4 is 5.32 Å². The van der Waals surface area contributed by atoms with Crippen molar-refractivity contribution in [2.75, 3.05) is 18.1 Å². The van der Waals surface area contributed by atoms with Crippen LogP contribution in [0.5, 0.6) is 0 Å². The van der Waals surface area contributed by atoms with Gasteiger partial charge in [0.25, 0.3) is 5.91 Å². The fourth-order valence-corrected chi connectivity index (χ4v) is 4.92. The van der Waals surface area contributed by atoms with Gasteiger partial charge < -0.3 is 5.32 Å². The summed E-state index contributed by atoms with van der Waals surface area (Å²) in [6.45, 7) is 2.37. The molecule has 1 amide bonds. The van der Waals surface area contributed by atoms with Gasteiger partial charge in [0.05, 0.1) is 34.6 Å². The third kappa shape index (κ3) is 3.51. The quantitative estimate of drug-likeness (QED) is 0.891. The van der Waals surface area contributed by atoms with E-state index < -0.39 is 9.84 Å². The van der Waals surface area contributed by atoms with E-state index in [4.69, 9.17) is 0 Å². The van der Waals surface area contributed by atoms with Crippen LogP contribution in [0.4, 0.5) is 0 Å². The summed E-state index contributed by atoms with van der Waals surface area (Å²) in [4.78, 5) is 12.5. The van der Waals surface area contributed by atoms with Crippen molar-refractivity contribution in [2.45, 2.75) is 19.8 Å². The first-order chi connectivity index (χ1) is 11.5. The average Bonchev–Trinajstić information content (AvgIpc) is 3.16. The Morgan fingerprint density at radius 3 is 2.71 bits per heavy atom. The molecule has 1 saturated heterocycles. The van der Waals surface area contributed by atoms with Gasteiger partial charge in [-0.2, -0.15) is 5.10 Å². The van der Waals surface area contributed by atoms with E-state index in [2.05, 4.69) is 10.4 Å². The number of nitrogens with one attached hydrogen (secondary N) is 1. The summed E-state index contributed by atoms with van der Waals surface area (Å²) in [6.07, 6.45) is 2.87. The number of aromatic nitrogens is 2. The number of sulfone groups is 1. The van der Waals surface area contributed by atoms with Crippen molar-refractivity contribution in [3.63, 3.8) is 0 Å². The Hall–Kier alpha value is -2.15. The lowest BCUT2D eigenvalue weighted by molar-refractivity contribution is 0.0947. The third-order valence-corrected chi connectivity index (χ3v) is 6.16. The number of hydrogen-bond acceptors (Lipinski definition) is 4. The fraction of sp³-hybridized carbons (Fsp3) is 0.412. The van der Waals surface area contributed by atoms with Crippen LogP contribution in [0, 0.1) is 5.92 Å². The van der Waals surface area contributed by atoms with Crippen LogP contribution in [0.25, 0.3) is 5.69 Å². The van der Waals surface area contributed by atoms with Gasteiger partial charge in [-0.25, -0.2) is 13.1 Å². The van der Waals surface area contributed by atoms with E-state index in [0.29, 0.717) is 24.9 Å². The molecule has 0 saturated carbocycles. The first-order valence-corrected chi connectivity index (χ1v) is 9.93. The number of rotatable bonds is 5. The van der Waals surface area contributed by atoms with Crippen molar-refractivity contribution in [2.24, 2.45) is 5.92 Å². The Bertz CT molecular complexity index is 828. The van der Waals surface area contributed by atoms with Gasteiger partial charge in [0.1, 0.15) is 0 Å². The van der Waals surface area contributed by atoms with Crippen LogP contribution in [0.2, 0.25) is 0 Å². The number of benzene rings is 1. The van der Waals surface area contributed by atoms with Crippen molar-refractivity contribution in [3.8, 4) is 5.69 Å². The molecule has 1 aromatic carbocycles. The maximum Gasteiger partial charge on any atom is 0.254 e. The summed E-state index contributed by atoms with van der Waals surface area (Å²) in [5, 5.41) is 7.20. The molecule has 1 fully saturated rings. The van der Waals surface area contributed by atoms with Gasteiger partial charge in [0.15, 0.2) is 9.84 Å². The van der Waals surface area contributed by atoms with Gasteiger partial charge in [-0.05, 0) is 30.9 Å². The first kappa shape index (κ1) is 16.7. The molecule has 6 nitrogen and oxygen atoms in total. The molecule has 0 aliphatic carbocycles. The SMILES string of the molecule is CCc1c(C(=O)NCC2CCS(=O)(=O)C2)cnn1-c1ccccc1. The second-order valence-electron chi connectivity index (χ2n) is 6.08. The smallest absolute Gasteiger partial charge is 0.254 e. The summed E-state index contributed by atoms with van der Waals surface area (Å²) >= 11 is 0. The minimum Gasteiger partial charge on any atom is -0.352 e. The van der Waals surface area contributed by atoms with E-state index in [-0.39, 0.29) is 23.3 Å². The monoisotopic (exact) mass is 347 g/mol. The number of hydrogen-bond donors (Lipinski definition) is 1. The molecule has 1 aromatic heterocycles. The molecule has 2 aromatic rings. The molecule has 1 atom stereocenters. The van der Waals surface area contributed by atoms with E-state index in [1.165, 1.54) is 0 Å². The van der Waals surface area contributed by atoms with E-state index in [1.54, 1.807) is 10.9 Å².